The highest BCUT2D eigenvalue weighted by molar-refractivity contribution is 5.25. The number of benzene rings is 1. The molecule has 2 aliphatic rings. The molecule has 2 fully saturated rings. The molecule has 2 heteroatoms. The summed E-state index contributed by atoms with van der Waals surface area (Å²) in [5, 5.41) is 3.69. The van der Waals surface area contributed by atoms with Gasteiger partial charge in [0.15, 0.2) is 0 Å². The predicted molar refractivity (Wildman–Crippen MR) is 81.2 cm³/mol. The summed E-state index contributed by atoms with van der Waals surface area (Å²) in [6, 6.07) is 7.79. The van der Waals surface area contributed by atoms with E-state index in [1.807, 2.05) is 12.1 Å². The molecule has 0 saturated heterocycles. The molecule has 2 saturated carbocycles. The summed E-state index contributed by atoms with van der Waals surface area (Å²) in [5.74, 6) is 1.14. The molecule has 1 N–H and O–H groups in total. The molecular weight excluding hydrogens is 249 g/mol. The maximum absolute atomic E-state index is 13.7. The molecule has 0 bridgehead atoms. The fourth-order valence-electron chi connectivity index (χ4n) is 3.97. The number of halogens is 1. The Balaban J connectivity index is 1.47. The van der Waals surface area contributed by atoms with E-state index in [9.17, 15) is 4.39 Å². The quantitative estimate of drug-likeness (QED) is 0.861. The lowest BCUT2D eigenvalue weighted by Gasteiger charge is -2.36. The van der Waals surface area contributed by atoms with Crippen molar-refractivity contribution < 1.29 is 4.39 Å². The second-order valence-electron chi connectivity index (χ2n) is 7.79. The normalized spacial score (nSPS) is 30.9. The molecule has 0 spiro atoms. The first kappa shape index (κ1) is 14.1. The van der Waals surface area contributed by atoms with Crippen molar-refractivity contribution in [3.8, 4) is 0 Å². The smallest absolute Gasteiger partial charge is 0.126 e. The van der Waals surface area contributed by atoms with Crippen molar-refractivity contribution in [1.82, 2.24) is 5.32 Å². The van der Waals surface area contributed by atoms with E-state index in [0.29, 0.717) is 22.8 Å². The van der Waals surface area contributed by atoms with Crippen molar-refractivity contribution in [3.05, 3.63) is 35.6 Å². The van der Waals surface area contributed by atoms with Crippen LogP contribution < -0.4 is 5.32 Å². The number of nitrogens with one attached hydrogen (secondary N) is 1. The molecular formula is C18H26FN. The Hall–Kier alpha value is -0.890. The zero-order valence-electron chi connectivity index (χ0n) is 13.0. The highest BCUT2D eigenvalue weighted by Gasteiger charge is 2.64. The van der Waals surface area contributed by atoms with Gasteiger partial charge in [0.2, 0.25) is 0 Å². The van der Waals surface area contributed by atoms with E-state index in [-0.39, 0.29) is 5.82 Å². The van der Waals surface area contributed by atoms with Crippen LogP contribution in [0.3, 0.4) is 0 Å². The Labute approximate surface area is 122 Å². The van der Waals surface area contributed by atoms with E-state index in [2.05, 4.69) is 33.0 Å². The van der Waals surface area contributed by atoms with Crippen molar-refractivity contribution in [2.75, 3.05) is 6.54 Å². The molecule has 0 unspecified atom stereocenters. The first-order valence-electron chi connectivity index (χ1n) is 7.82. The van der Waals surface area contributed by atoms with Crippen LogP contribution in [0.4, 0.5) is 4.39 Å². The first-order chi connectivity index (χ1) is 9.34. The van der Waals surface area contributed by atoms with Gasteiger partial charge in [0.05, 0.1) is 0 Å². The Morgan fingerprint density at radius 1 is 1.10 bits per heavy atom. The maximum atomic E-state index is 13.7. The van der Waals surface area contributed by atoms with Gasteiger partial charge >= 0.3 is 0 Å². The topological polar surface area (TPSA) is 12.0 Å². The molecule has 1 aromatic rings. The summed E-state index contributed by atoms with van der Waals surface area (Å²) >= 11 is 0. The SMILES string of the molecule is CC1(C)C(CNC2CC(c3ccccc3F)C2)C1(C)C. The Morgan fingerprint density at radius 3 is 2.25 bits per heavy atom. The molecule has 0 radical (unpaired) electrons. The third-order valence-corrected chi connectivity index (χ3v) is 6.41. The van der Waals surface area contributed by atoms with Gasteiger partial charge in [-0.3, -0.25) is 0 Å². The number of rotatable bonds is 4. The fraction of sp³-hybridized carbons (Fsp3) is 0.667. The van der Waals surface area contributed by atoms with Crippen LogP contribution in [0.15, 0.2) is 24.3 Å². The lowest BCUT2D eigenvalue weighted by molar-refractivity contribution is 0.277. The van der Waals surface area contributed by atoms with E-state index in [1.54, 1.807) is 12.1 Å². The Morgan fingerprint density at radius 2 is 1.70 bits per heavy atom. The summed E-state index contributed by atoms with van der Waals surface area (Å²) < 4.78 is 13.7. The van der Waals surface area contributed by atoms with E-state index in [4.69, 9.17) is 0 Å². The van der Waals surface area contributed by atoms with Crippen LogP contribution in [0.5, 0.6) is 0 Å². The van der Waals surface area contributed by atoms with E-state index in [1.165, 1.54) is 0 Å². The third-order valence-electron chi connectivity index (χ3n) is 6.41. The molecule has 0 atom stereocenters. The van der Waals surface area contributed by atoms with Crippen LogP contribution in [0.1, 0.15) is 52.0 Å². The highest BCUT2D eigenvalue weighted by atomic mass is 19.1. The molecule has 0 amide bonds. The highest BCUT2D eigenvalue weighted by Crippen LogP contribution is 2.68. The number of hydrogen-bond donors (Lipinski definition) is 1. The summed E-state index contributed by atoms with van der Waals surface area (Å²) in [6.07, 6.45) is 2.16. The largest absolute Gasteiger partial charge is 0.314 e. The van der Waals surface area contributed by atoms with E-state index >= 15 is 0 Å². The minimum Gasteiger partial charge on any atom is -0.314 e. The van der Waals surface area contributed by atoms with Crippen molar-refractivity contribution in [1.29, 1.82) is 0 Å². The zero-order chi connectivity index (χ0) is 14.5. The molecule has 0 aromatic heterocycles. The van der Waals surface area contributed by atoms with Crippen LogP contribution in [0, 0.1) is 22.6 Å². The lowest BCUT2D eigenvalue weighted by Crippen LogP contribution is -2.41. The van der Waals surface area contributed by atoms with Gasteiger partial charge in [-0.2, -0.15) is 0 Å². The third kappa shape index (κ3) is 2.09. The van der Waals surface area contributed by atoms with Gasteiger partial charge in [-0.05, 0) is 53.7 Å². The van der Waals surface area contributed by atoms with Crippen LogP contribution in [0.25, 0.3) is 0 Å². The second kappa shape index (κ2) is 4.56. The molecule has 0 heterocycles. The predicted octanol–water partition coefficient (Wildman–Crippen LogP) is 4.34. The second-order valence-corrected chi connectivity index (χ2v) is 7.79. The average molecular weight is 275 g/mol. The van der Waals surface area contributed by atoms with Crippen molar-refractivity contribution in [3.63, 3.8) is 0 Å². The molecule has 3 rings (SSSR count). The van der Waals surface area contributed by atoms with Crippen LogP contribution in [-0.2, 0) is 0 Å². The molecule has 110 valence electrons. The molecule has 20 heavy (non-hydrogen) atoms. The van der Waals surface area contributed by atoms with Crippen molar-refractivity contribution >= 4 is 0 Å². The monoisotopic (exact) mass is 275 g/mol. The van der Waals surface area contributed by atoms with Crippen molar-refractivity contribution in [2.24, 2.45) is 16.7 Å². The average Bonchev–Trinajstić information content (AvgIpc) is 2.71. The fourth-order valence-corrected chi connectivity index (χ4v) is 3.97. The minimum atomic E-state index is -0.0413. The first-order valence-corrected chi connectivity index (χ1v) is 7.82. The molecule has 0 aliphatic heterocycles. The standard InChI is InChI=1S/C18H26FN/c1-17(2)16(18(17,3)4)11-20-13-9-12(10-13)14-7-5-6-8-15(14)19/h5-8,12-13,16,20H,9-11H2,1-4H3. The van der Waals surface area contributed by atoms with Crippen LogP contribution >= 0.6 is 0 Å². The summed E-state index contributed by atoms with van der Waals surface area (Å²) in [5.41, 5.74) is 1.81. The van der Waals surface area contributed by atoms with Gasteiger partial charge in [-0.15, -0.1) is 0 Å². The summed E-state index contributed by atoms with van der Waals surface area (Å²) in [7, 11) is 0. The molecule has 1 nitrogen and oxygen atoms in total. The van der Waals surface area contributed by atoms with Crippen LogP contribution in [-0.4, -0.2) is 12.6 Å². The van der Waals surface area contributed by atoms with Gasteiger partial charge in [0, 0.05) is 6.04 Å². The molecule has 1 aromatic carbocycles. The summed E-state index contributed by atoms with van der Waals surface area (Å²) in [4.78, 5) is 0. The Kier molecular flexibility index (Phi) is 3.20. The van der Waals surface area contributed by atoms with Gasteiger partial charge in [0.1, 0.15) is 5.82 Å². The Bertz CT molecular complexity index is 486. The molecule has 2 aliphatic carbocycles. The van der Waals surface area contributed by atoms with Crippen LogP contribution in [0.2, 0.25) is 0 Å². The van der Waals surface area contributed by atoms with Crippen molar-refractivity contribution in [2.45, 2.75) is 52.5 Å². The van der Waals surface area contributed by atoms with Gasteiger partial charge < -0.3 is 5.32 Å². The summed E-state index contributed by atoms with van der Waals surface area (Å²) in [6.45, 7) is 10.6. The van der Waals surface area contributed by atoms with Gasteiger partial charge in [-0.25, -0.2) is 4.39 Å². The zero-order valence-corrected chi connectivity index (χ0v) is 13.0. The van der Waals surface area contributed by atoms with E-state index < -0.39 is 0 Å². The van der Waals surface area contributed by atoms with Gasteiger partial charge in [0.25, 0.3) is 0 Å². The minimum absolute atomic E-state index is 0.0413. The lowest BCUT2D eigenvalue weighted by atomic mass is 9.75. The maximum Gasteiger partial charge on any atom is 0.126 e. The van der Waals surface area contributed by atoms with E-state index in [0.717, 1.165) is 30.9 Å². The number of hydrogen-bond acceptors (Lipinski definition) is 1. The van der Waals surface area contributed by atoms with Gasteiger partial charge in [-0.1, -0.05) is 45.9 Å².